The summed E-state index contributed by atoms with van der Waals surface area (Å²) in [5.41, 5.74) is 6.28. The summed E-state index contributed by atoms with van der Waals surface area (Å²) in [7, 11) is 0. The van der Waals surface area contributed by atoms with E-state index in [1.807, 2.05) is 30.3 Å². The van der Waals surface area contributed by atoms with Crippen LogP contribution in [0, 0.1) is 0 Å². The van der Waals surface area contributed by atoms with Crippen molar-refractivity contribution in [2.24, 2.45) is 0 Å². The first-order chi connectivity index (χ1) is 8.75. The van der Waals surface area contributed by atoms with Gasteiger partial charge in [0.05, 0.1) is 5.02 Å². The highest BCUT2D eigenvalue weighted by atomic mass is 35.5. The Kier molecular flexibility index (Phi) is 4.31. The monoisotopic (exact) mass is 263 g/mol. The number of rotatable bonds is 5. The molecule has 2 aromatic carbocycles. The van der Waals surface area contributed by atoms with Crippen molar-refractivity contribution in [2.75, 3.05) is 18.9 Å². The van der Waals surface area contributed by atoms with Crippen LogP contribution >= 0.6 is 11.6 Å². The van der Waals surface area contributed by atoms with Crippen LogP contribution in [0.5, 0.6) is 11.5 Å². The molecule has 0 atom stereocenters. The molecule has 2 aromatic rings. The molecule has 0 amide bonds. The maximum absolute atomic E-state index is 5.97. The second-order valence-corrected chi connectivity index (χ2v) is 4.11. The van der Waals surface area contributed by atoms with Crippen LogP contribution in [0.2, 0.25) is 5.02 Å². The van der Waals surface area contributed by atoms with Crippen LogP contribution in [-0.2, 0) is 0 Å². The van der Waals surface area contributed by atoms with E-state index < -0.39 is 0 Å². The van der Waals surface area contributed by atoms with Crippen molar-refractivity contribution in [3.05, 3.63) is 53.6 Å². The lowest BCUT2D eigenvalue weighted by Crippen LogP contribution is -2.09. The second kappa shape index (κ2) is 6.17. The Bertz CT molecular complexity index is 502. The van der Waals surface area contributed by atoms with Crippen molar-refractivity contribution < 1.29 is 9.47 Å². The smallest absolute Gasteiger partial charge is 0.140 e. The number of benzene rings is 2. The van der Waals surface area contributed by atoms with Gasteiger partial charge in [-0.3, -0.25) is 0 Å². The summed E-state index contributed by atoms with van der Waals surface area (Å²) < 4.78 is 11.0. The molecule has 18 heavy (non-hydrogen) atoms. The van der Waals surface area contributed by atoms with Gasteiger partial charge in [0.25, 0.3) is 0 Å². The molecule has 0 aromatic heterocycles. The maximum Gasteiger partial charge on any atom is 0.140 e. The Morgan fingerprint density at radius 2 is 1.67 bits per heavy atom. The number of hydrogen-bond donors (Lipinski definition) is 1. The fourth-order valence-electron chi connectivity index (χ4n) is 1.46. The van der Waals surface area contributed by atoms with Gasteiger partial charge in [-0.15, -0.1) is 0 Å². The zero-order valence-electron chi connectivity index (χ0n) is 9.80. The summed E-state index contributed by atoms with van der Waals surface area (Å²) in [4.78, 5) is 0. The minimum Gasteiger partial charge on any atom is -0.490 e. The van der Waals surface area contributed by atoms with Crippen LogP contribution in [0.15, 0.2) is 48.5 Å². The van der Waals surface area contributed by atoms with Gasteiger partial charge in [0.15, 0.2) is 0 Å². The Morgan fingerprint density at radius 3 is 2.44 bits per heavy atom. The minimum absolute atomic E-state index is 0.415. The summed E-state index contributed by atoms with van der Waals surface area (Å²) >= 11 is 5.97. The van der Waals surface area contributed by atoms with E-state index >= 15 is 0 Å². The molecule has 0 aliphatic rings. The molecule has 0 unspecified atom stereocenters. The lowest BCUT2D eigenvalue weighted by molar-refractivity contribution is 0.217. The molecule has 94 valence electrons. The minimum atomic E-state index is 0.415. The van der Waals surface area contributed by atoms with Crippen LogP contribution in [0.3, 0.4) is 0 Å². The molecule has 0 saturated heterocycles. The average molecular weight is 264 g/mol. The summed E-state index contributed by atoms with van der Waals surface area (Å²) in [6, 6.07) is 14.7. The third-order valence-electron chi connectivity index (χ3n) is 2.31. The highest BCUT2D eigenvalue weighted by molar-refractivity contribution is 6.32. The zero-order chi connectivity index (χ0) is 12.8. The third-order valence-corrected chi connectivity index (χ3v) is 2.62. The zero-order valence-corrected chi connectivity index (χ0v) is 10.6. The van der Waals surface area contributed by atoms with Crippen molar-refractivity contribution in [1.82, 2.24) is 0 Å². The molecule has 0 heterocycles. The van der Waals surface area contributed by atoms with E-state index in [9.17, 15) is 0 Å². The standard InChI is InChI=1S/C14H14ClNO2/c15-13-7-6-11(16)10-14(13)18-9-8-17-12-4-2-1-3-5-12/h1-7,10H,8-9,16H2. The van der Waals surface area contributed by atoms with Gasteiger partial charge in [-0.25, -0.2) is 0 Å². The molecular formula is C14H14ClNO2. The Morgan fingerprint density at radius 1 is 0.944 bits per heavy atom. The lowest BCUT2D eigenvalue weighted by atomic mass is 10.3. The number of nitrogens with two attached hydrogens (primary N) is 1. The first-order valence-electron chi connectivity index (χ1n) is 5.61. The van der Waals surface area contributed by atoms with E-state index in [1.54, 1.807) is 18.2 Å². The van der Waals surface area contributed by atoms with E-state index in [2.05, 4.69) is 0 Å². The largest absolute Gasteiger partial charge is 0.490 e. The molecule has 0 saturated carbocycles. The Balaban J connectivity index is 1.80. The molecule has 2 rings (SSSR count). The van der Waals surface area contributed by atoms with Crippen molar-refractivity contribution in [3.8, 4) is 11.5 Å². The summed E-state index contributed by atoms with van der Waals surface area (Å²) in [5.74, 6) is 1.40. The normalized spacial score (nSPS) is 10.1. The van der Waals surface area contributed by atoms with Crippen LogP contribution in [0.25, 0.3) is 0 Å². The van der Waals surface area contributed by atoms with E-state index in [4.69, 9.17) is 26.8 Å². The second-order valence-electron chi connectivity index (χ2n) is 3.70. The molecular weight excluding hydrogens is 250 g/mol. The maximum atomic E-state index is 5.97. The molecule has 0 spiro atoms. The number of nitrogen functional groups attached to an aromatic ring is 1. The number of hydrogen-bond acceptors (Lipinski definition) is 3. The Hall–Kier alpha value is -1.87. The van der Waals surface area contributed by atoms with Crippen LogP contribution in [-0.4, -0.2) is 13.2 Å². The van der Waals surface area contributed by atoms with Gasteiger partial charge in [0.1, 0.15) is 24.7 Å². The van der Waals surface area contributed by atoms with E-state index in [0.29, 0.717) is 29.7 Å². The number of ether oxygens (including phenoxy) is 2. The third kappa shape index (κ3) is 3.57. The summed E-state index contributed by atoms with van der Waals surface area (Å²) in [6.07, 6.45) is 0. The molecule has 0 radical (unpaired) electrons. The molecule has 0 bridgehead atoms. The van der Waals surface area contributed by atoms with E-state index in [0.717, 1.165) is 5.75 Å². The quantitative estimate of drug-likeness (QED) is 0.664. The number of para-hydroxylation sites is 1. The predicted octanol–water partition coefficient (Wildman–Crippen LogP) is 3.38. The van der Waals surface area contributed by atoms with Gasteiger partial charge in [-0.1, -0.05) is 29.8 Å². The van der Waals surface area contributed by atoms with Crippen molar-refractivity contribution >= 4 is 17.3 Å². The fourth-order valence-corrected chi connectivity index (χ4v) is 1.63. The highest BCUT2D eigenvalue weighted by Crippen LogP contribution is 2.26. The van der Waals surface area contributed by atoms with E-state index in [-0.39, 0.29) is 0 Å². The number of anilines is 1. The molecule has 0 fully saturated rings. The van der Waals surface area contributed by atoms with Crippen molar-refractivity contribution in [1.29, 1.82) is 0 Å². The fraction of sp³-hybridized carbons (Fsp3) is 0.143. The summed E-state index contributed by atoms with van der Waals surface area (Å²) in [6.45, 7) is 0.868. The predicted molar refractivity (Wildman–Crippen MR) is 73.3 cm³/mol. The van der Waals surface area contributed by atoms with Gasteiger partial charge in [-0.05, 0) is 24.3 Å². The molecule has 0 aliphatic carbocycles. The van der Waals surface area contributed by atoms with Crippen LogP contribution in [0.1, 0.15) is 0 Å². The molecule has 0 aliphatic heterocycles. The van der Waals surface area contributed by atoms with Gasteiger partial charge in [-0.2, -0.15) is 0 Å². The van der Waals surface area contributed by atoms with Crippen LogP contribution < -0.4 is 15.2 Å². The van der Waals surface area contributed by atoms with Gasteiger partial charge in [0.2, 0.25) is 0 Å². The molecule has 3 nitrogen and oxygen atoms in total. The summed E-state index contributed by atoms with van der Waals surface area (Å²) in [5, 5.41) is 0.545. The topological polar surface area (TPSA) is 44.5 Å². The first-order valence-corrected chi connectivity index (χ1v) is 5.99. The number of halogens is 1. The van der Waals surface area contributed by atoms with Crippen molar-refractivity contribution in [2.45, 2.75) is 0 Å². The van der Waals surface area contributed by atoms with Gasteiger partial charge >= 0.3 is 0 Å². The Labute approximate surface area is 111 Å². The lowest BCUT2D eigenvalue weighted by Gasteiger charge is -2.09. The molecule has 4 heteroatoms. The average Bonchev–Trinajstić information content (AvgIpc) is 2.40. The highest BCUT2D eigenvalue weighted by Gasteiger charge is 2.01. The van der Waals surface area contributed by atoms with Crippen LogP contribution in [0.4, 0.5) is 5.69 Å². The first kappa shape index (κ1) is 12.6. The molecule has 2 N–H and O–H groups in total. The van der Waals surface area contributed by atoms with Gasteiger partial charge in [0, 0.05) is 11.8 Å². The van der Waals surface area contributed by atoms with Gasteiger partial charge < -0.3 is 15.2 Å². The van der Waals surface area contributed by atoms with E-state index in [1.165, 1.54) is 0 Å². The van der Waals surface area contributed by atoms with Crippen molar-refractivity contribution in [3.63, 3.8) is 0 Å². The SMILES string of the molecule is Nc1ccc(Cl)c(OCCOc2ccccc2)c1.